The van der Waals surface area contributed by atoms with Gasteiger partial charge in [0.25, 0.3) is 5.56 Å². The molecule has 1 heterocycles. The molecule has 106 valence electrons. The molecule has 3 N–H and O–H groups in total. The number of aromatic nitrogens is 2. The molecule has 0 aliphatic heterocycles. The van der Waals surface area contributed by atoms with Crippen molar-refractivity contribution in [3.8, 4) is 11.3 Å². The minimum atomic E-state index is -0.233. The lowest BCUT2D eigenvalue weighted by atomic mass is 10.1. The minimum Gasteiger partial charge on any atom is -0.381 e. The van der Waals surface area contributed by atoms with Crippen molar-refractivity contribution < 1.29 is 4.39 Å². The van der Waals surface area contributed by atoms with Gasteiger partial charge in [0.15, 0.2) is 0 Å². The van der Waals surface area contributed by atoms with Crippen LogP contribution < -0.4 is 10.9 Å². The highest BCUT2D eigenvalue weighted by atomic mass is 19.1. The van der Waals surface area contributed by atoms with Gasteiger partial charge in [-0.1, -0.05) is 24.3 Å². The summed E-state index contributed by atoms with van der Waals surface area (Å²) >= 11 is 0. The van der Waals surface area contributed by atoms with Gasteiger partial charge in [0, 0.05) is 18.3 Å². The van der Waals surface area contributed by atoms with Gasteiger partial charge in [-0.3, -0.25) is 15.0 Å². The molecule has 0 saturated carbocycles. The molecule has 2 aromatic carbocycles. The van der Waals surface area contributed by atoms with Crippen LogP contribution in [-0.4, -0.2) is 10.2 Å². The lowest BCUT2D eigenvalue weighted by molar-refractivity contribution is 0.627. The second kappa shape index (κ2) is 5.66. The van der Waals surface area contributed by atoms with Crippen molar-refractivity contribution in [3.63, 3.8) is 0 Å². The number of halogens is 1. The number of benzene rings is 2. The summed E-state index contributed by atoms with van der Waals surface area (Å²) in [4.78, 5) is 11.1. The van der Waals surface area contributed by atoms with Crippen LogP contribution in [-0.2, 0) is 6.54 Å². The van der Waals surface area contributed by atoms with E-state index in [1.165, 1.54) is 18.2 Å². The van der Waals surface area contributed by atoms with Crippen LogP contribution >= 0.6 is 0 Å². The van der Waals surface area contributed by atoms with Crippen molar-refractivity contribution >= 4 is 5.69 Å². The SMILES string of the molecule is O=c1cc(-c2ccc(NCc3ccc(F)cc3)cc2)[nH][nH]1. The van der Waals surface area contributed by atoms with Gasteiger partial charge >= 0.3 is 0 Å². The first kappa shape index (κ1) is 13.2. The van der Waals surface area contributed by atoms with Gasteiger partial charge in [-0.25, -0.2) is 4.39 Å². The second-order valence-electron chi connectivity index (χ2n) is 4.73. The molecular weight excluding hydrogens is 269 g/mol. The fourth-order valence-electron chi connectivity index (χ4n) is 2.06. The fraction of sp³-hybridized carbons (Fsp3) is 0.0625. The molecule has 0 bridgehead atoms. The zero-order chi connectivity index (χ0) is 14.7. The lowest BCUT2D eigenvalue weighted by Gasteiger charge is -2.07. The molecule has 0 radical (unpaired) electrons. The number of H-pyrrole nitrogens is 2. The molecule has 3 aromatic rings. The van der Waals surface area contributed by atoms with Gasteiger partial charge in [-0.2, -0.15) is 0 Å². The van der Waals surface area contributed by atoms with Crippen molar-refractivity contribution in [1.29, 1.82) is 0 Å². The predicted octanol–water partition coefficient (Wildman–Crippen LogP) is 3.12. The smallest absolute Gasteiger partial charge is 0.264 e. The van der Waals surface area contributed by atoms with E-state index in [0.717, 1.165) is 22.5 Å². The molecule has 21 heavy (non-hydrogen) atoms. The van der Waals surface area contributed by atoms with E-state index in [1.807, 2.05) is 24.3 Å². The Kier molecular flexibility index (Phi) is 3.55. The Bertz CT molecular complexity index is 772. The molecule has 0 aliphatic rings. The van der Waals surface area contributed by atoms with Gasteiger partial charge in [-0.05, 0) is 35.4 Å². The third kappa shape index (κ3) is 3.20. The van der Waals surface area contributed by atoms with E-state index >= 15 is 0 Å². The van der Waals surface area contributed by atoms with Crippen LogP contribution in [0.25, 0.3) is 11.3 Å². The Morgan fingerprint density at radius 1 is 0.952 bits per heavy atom. The fourth-order valence-corrected chi connectivity index (χ4v) is 2.06. The van der Waals surface area contributed by atoms with E-state index in [2.05, 4.69) is 15.5 Å². The first-order chi connectivity index (χ1) is 10.2. The Hall–Kier alpha value is -2.82. The maximum absolute atomic E-state index is 12.8. The zero-order valence-electron chi connectivity index (χ0n) is 11.2. The Morgan fingerprint density at radius 3 is 2.29 bits per heavy atom. The number of aromatic amines is 2. The van der Waals surface area contributed by atoms with E-state index in [0.29, 0.717) is 6.54 Å². The second-order valence-corrected chi connectivity index (χ2v) is 4.73. The van der Waals surface area contributed by atoms with E-state index in [9.17, 15) is 9.18 Å². The highest BCUT2D eigenvalue weighted by Gasteiger charge is 2.01. The van der Waals surface area contributed by atoms with Crippen LogP contribution in [0.4, 0.5) is 10.1 Å². The molecule has 0 amide bonds. The molecule has 3 rings (SSSR count). The highest BCUT2D eigenvalue weighted by Crippen LogP contribution is 2.18. The largest absolute Gasteiger partial charge is 0.381 e. The predicted molar refractivity (Wildman–Crippen MR) is 80.6 cm³/mol. The summed E-state index contributed by atoms with van der Waals surface area (Å²) in [6.07, 6.45) is 0. The summed E-state index contributed by atoms with van der Waals surface area (Å²) in [7, 11) is 0. The molecular formula is C16H14FN3O. The number of rotatable bonds is 4. The van der Waals surface area contributed by atoms with E-state index in [1.54, 1.807) is 12.1 Å². The van der Waals surface area contributed by atoms with Crippen molar-refractivity contribution in [2.75, 3.05) is 5.32 Å². The summed E-state index contributed by atoms with van der Waals surface area (Å²) in [5.41, 5.74) is 3.51. The molecule has 0 fully saturated rings. The van der Waals surface area contributed by atoms with Crippen LogP contribution in [0.5, 0.6) is 0 Å². The molecule has 5 heteroatoms. The van der Waals surface area contributed by atoms with Crippen molar-refractivity contribution in [2.24, 2.45) is 0 Å². The quantitative estimate of drug-likeness (QED) is 0.689. The maximum Gasteiger partial charge on any atom is 0.264 e. The number of anilines is 1. The first-order valence-electron chi connectivity index (χ1n) is 6.57. The van der Waals surface area contributed by atoms with Crippen LogP contribution in [0.15, 0.2) is 59.4 Å². The third-order valence-corrected chi connectivity index (χ3v) is 3.20. The average Bonchev–Trinajstić information content (AvgIpc) is 2.94. The Morgan fingerprint density at radius 2 is 1.67 bits per heavy atom. The van der Waals surface area contributed by atoms with Crippen LogP contribution in [0.1, 0.15) is 5.56 Å². The van der Waals surface area contributed by atoms with Crippen molar-refractivity contribution in [2.45, 2.75) is 6.54 Å². The summed E-state index contributed by atoms with van der Waals surface area (Å²) in [6, 6.07) is 15.6. The molecule has 0 spiro atoms. The van der Waals surface area contributed by atoms with Crippen LogP contribution in [0, 0.1) is 5.82 Å². The van der Waals surface area contributed by atoms with E-state index < -0.39 is 0 Å². The highest BCUT2D eigenvalue weighted by molar-refractivity contribution is 5.62. The van der Waals surface area contributed by atoms with Gasteiger partial charge < -0.3 is 5.32 Å². The molecule has 0 atom stereocenters. The zero-order valence-corrected chi connectivity index (χ0v) is 11.2. The summed E-state index contributed by atoms with van der Waals surface area (Å²) in [5.74, 6) is -0.233. The van der Waals surface area contributed by atoms with Crippen molar-refractivity contribution in [1.82, 2.24) is 10.2 Å². The normalized spacial score (nSPS) is 10.5. The van der Waals surface area contributed by atoms with Gasteiger partial charge in [0.1, 0.15) is 5.82 Å². The molecule has 1 aromatic heterocycles. The summed E-state index contributed by atoms with van der Waals surface area (Å²) in [5, 5.41) is 8.58. The number of nitrogens with one attached hydrogen (secondary N) is 3. The molecule has 4 nitrogen and oxygen atoms in total. The van der Waals surface area contributed by atoms with Gasteiger partial charge in [-0.15, -0.1) is 0 Å². The van der Waals surface area contributed by atoms with Gasteiger partial charge in [0.05, 0.1) is 5.69 Å². The maximum atomic E-state index is 12.8. The Labute approximate surface area is 120 Å². The molecule has 0 aliphatic carbocycles. The van der Waals surface area contributed by atoms with Crippen molar-refractivity contribution in [3.05, 3.63) is 76.3 Å². The standard InChI is InChI=1S/C16H14FN3O/c17-13-5-1-11(2-6-13)10-18-14-7-3-12(4-8-14)15-9-16(21)20-19-15/h1-9,18H,10H2,(H2,19,20,21). The van der Waals surface area contributed by atoms with E-state index in [-0.39, 0.29) is 11.4 Å². The molecule has 0 unspecified atom stereocenters. The van der Waals surface area contributed by atoms with Crippen LogP contribution in [0.2, 0.25) is 0 Å². The first-order valence-corrected chi connectivity index (χ1v) is 6.57. The van der Waals surface area contributed by atoms with Gasteiger partial charge in [0.2, 0.25) is 0 Å². The third-order valence-electron chi connectivity index (χ3n) is 3.20. The van der Waals surface area contributed by atoms with E-state index in [4.69, 9.17) is 0 Å². The molecule has 0 saturated heterocycles. The summed E-state index contributed by atoms with van der Waals surface area (Å²) in [6.45, 7) is 0.626. The van der Waals surface area contributed by atoms with Crippen LogP contribution in [0.3, 0.4) is 0 Å². The number of hydrogen-bond donors (Lipinski definition) is 3. The Balaban J connectivity index is 1.67. The average molecular weight is 283 g/mol. The minimum absolute atomic E-state index is 0.150. The lowest BCUT2D eigenvalue weighted by Crippen LogP contribution is -1.99. The summed E-state index contributed by atoms with van der Waals surface area (Å²) < 4.78 is 12.8. The monoisotopic (exact) mass is 283 g/mol. The number of hydrogen-bond acceptors (Lipinski definition) is 2. The topological polar surface area (TPSA) is 60.7 Å².